The van der Waals surface area contributed by atoms with Gasteiger partial charge in [-0.2, -0.15) is 0 Å². The van der Waals surface area contributed by atoms with Crippen LogP contribution in [-0.2, 0) is 6.42 Å². The fourth-order valence-electron chi connectivity index (χ4n) is 1.46. The number of hydrogen-bond acceptors (Lipinski definition) is 1. The molecular weight excluding hydrogens is 158 g/mol. The van der Waals surface area contributed by atoms with Crippen LogP contribution < -0.4 is 5.73 Å². The van der Waals surface area contributed by atoms with Crippen molar-refractivity contribution in [2.45, 2.75) is 39.2 Å². The van der Waals surface area contributed by atoms with E-state index in [1.807, 2.05) is 0 Å². The summed E-state index contributed by atoms with van der Waals surface area (Å²) >= 11 is 0. The lowest BCUT2D eigenvalue weighted by Crippen LogP contribution is -2.08. The zero-order valence-corrected chi connectivity index (χ0v) is 8.59. The fourth-order valence-corrected chi connectivity index (χ4v) is 1.46. The second-order valence-electron chi connectivity index (χ2n) is 3.51. The summed E-state index contributed by atoms with van der Waals surface area (Å²) in [6.45, 7) is 4.32. The normalized spacial score (nSPS) is 12.8. The minimum absolute atomic E-state index is 0.204. The molecule has 0 bridgehead atoms. The van der Waals surface area contributed by atoms with Crippen molar-refractivity contribution in [2.24, 2.45) is 5.73 Å². The Labute approximate surface area is 81.0 Å². The quantitative estimate of drug-likeness (QED) is 0.751. The van der Waals surface area contributed by atoms with Crippen LogP contribution in [0.25, 0.3) is 0 Å². The second kappa shape index (κ2) is 5.03. The van der Waals surface area contributed by atoms with Crippen molar-refractivity contribution < 1.29 is 0 Å². The van der Waals surface area contributed by atoms with Gasteiger partial charge in [0.2, 0.25) is 0 Å². The second-order valence-corrected chi connectivity index (χ2v) is 3.51. The van der Waals surface area contributed by atoms with E-state index in [1.54, 1.807) is 0 Å². The van der Waals surface area contributed by atoms with Crippen molar-refractivity contribution in [3.05, 3.63) is 35.4 Å². The molecule has 72 valence electrons. The molecule has 0 unspecified atom stereocenters. The molecule has 1 rings (SSSR count). The smallest absolute Gasteiger partial charge is 0.0292 e. The van der Waals surface area contributed by atoms with Gasteiger partial charge in [0.1, 0.15) is 0 Å². The maximum atomic E-state index is 5.92. The predicted molar refractivity (Wildman–Crippen MR) is 57.7 cm³/mol. The van der Waals surface area contributed by atoms with Gasteiger partial charge >= 0.3 is 0 Å². The first-order chi connectivity index (χ1) is 6.27. The maximum Gasteiger partial charge on any atom is 0.0292 e. The molecule has 0 aromatic heterocycles. The number of benzene rings is 1. The minimum atomic E-state index is 0.204. The molecule has 1 heteroatoms. The molecule has 0 aliphatic rings. The Hall–Kier alpha value is -0.820. The fraction of sp³-hybridized carbons (Fsp3) is 0.500. The van der Waals surface area contributed by atoms with Gasteiger partial charge in [-0.3, -0.25) is 0 Å². The number of aryl methyl sites for hydroxylation is 1. The topological polar surface area (TPSA) is 26.0 Å². The summed E-state index contributed by atoms with van der Waals surface area (Å²) < 4.78 is 0. The molecule has 0 radical (unpaired) electrons. The molecular formula is C12H19N. The standard InChI is InChI=1S/C12H19N/c1-3-5-10-6-8-11(9-7-10)12(13)4-2/h6-9,12H,3-5,13H2,1-2H3/t12-/m0/s1. The minimum Gasteiger partial charge on any atom is -0.324 e. The molecule has 1 aromatic rings. The van der Waals surface area contributed by atoms with Crippen molar-refractivity contribution in [1.29, 1.82) is 0 Å². The van der Waals surface area contributed by atoms with Crippen LogP contribution in [0.2, 0.25) is 0 Å². The molecule has 1 atom stereocenters. The first kappa shape index (κ1) is 10.3. The third-order valence-corrected chi connectivity index (χ3v) is 2.39. The van der Waals surface area contributed by atoms with Gasteiger partial charge in [-0.25, -0.2) is 0 Å². The van der Waals surface area contributed by atoms with E-state index in [1.165, 1.54) is 24.0 Å². The molecule has 0 saturated heterocycles. The number of hydrogen-bond donors (Lipinski definition) is 1. The van der Waals surface area contributed by atoms with Gasteiger partial charge in [0, 0.05) is 6.04 Å². The predicted octanol–water partition coefficient (Wildman–Crippen LogP) is 3.05. The lowest BCUT2D eigenvalue weighted by Gasteiger charge is -2.09. The van der Waals surface area contributed by atoms with E-state index >= 15 is 0 Å². The molecule has 0 amide bonds. The van der Waals surface area contributed by atoms with Crippen molar-refractivity contribution in [3.63, 3.8) is 0 Å². The van der Waals surface area contributed by atoms with Crippen LogP contribution >= 0.6 is 0 Å². The summed E-state index contributed by atoms with van der Waals surface area (Å²) in [5.41, 5.74) is 8.58. The van der Waals surface area contributed by atoms with Crippen LogP contribution in [-0.4, -0.2) is 0 Å². The molecule has 0 aliphatic heterocycles. The highest BCUT2D eigenvalue weighted by molar-refractivity contribution is 5.24. The Morgan fingerprint density at radius 2 is 1.77 bits per heavy atom. The summed E-state index contributed by atoms with van der Waals surface area (Å²) in [4.78, 5) is 0. The van der Waals surface area contributed by atoms with Crippen LogP contribution in [0, 0.1) is 0 Å². The molecule has 1 nitrogen and oxygen atoms in total. The van der Waals surface area contributed by atoms with Crippen LogP contribution in [0.4, 0.5) is 0 Å². The SMILES string of the molecule is CCCc1ccc([C@@H](N)CC)cc1. The zero-order valence-electron chi connectivity index (χ0n) is 8.59. The van der Waals surface area contributed by atoms with Gasteiger partial charge in [0.05, 0.1) is 0 Å². The summed E-state index contributed by atoms with van der Waals surface area (Å²) in [6.07, 6.45) is 3.38. The van der Waals surface area contributed by atoms with E-state index in [0.29, 0.717) is 0 Å². The zero-order chi connectivity index (χ0) is 9.68. The van der Waals surface area contributed by atoms with Gasteiger partial charge < -0.3 is 5.73 Å². The largest absolute Gasteiger partial charge is 0.324 e. The highest BCUT2D eigenvalue weighted by Crippen LogP contribution is 2.14. The Morgan fingerprint density at radius 3 is 2.23 bits per heavy atom. The Morgan fingerprint density at radius 1 is 1.15 bits per heavy atom. The van der Waals surface area contributed by atoms with Crippen molar-refractivity contribution in [3.8, 4) is 0 Å². The molecule has 0 heterocycles. The van der Waals surface area contributed by atoms with Gasteiger partial charge in [0.25, 0.3) is 0 Å². The third kappa shape index (κ3) is 2.85. The van der Waals surface area contributed by atoms with E-state index in [2.05, 4.69) is 38.1 Å². The van der Waals surface area contributed by atoms with E-state index in [-0.39, 0.29) is 6.04 Å². The van der Waals surface area contributed by atoms with E-state index in [0.717, 1.165) is 6.42 Å². The average molecular weight is 177 g/mol. The molecule has 1 aromatic carbocycles. The average Bonchev–Trinajstić information content (AvgIpc) is 2.18. The first-order valence-corrected chi connectivity index (χ1v) is 5.12. The summed E-state index contributed by atoms with van der Waals surface area (Å²) in [7, 11) is 0. The number of rotatable bonds is 4. The molecule has 0 spiro atoms. The maximum absolute atomic E-state index is 5.92. The third-order valence-electron chi connectivity index (χ3n) is 2.39. The molecule has 0 aliphatic carbocycles. The Bertz CT molecular complexity index is 238. The van der Waals surface area contributed by atoms with Crippen LogP contribution in [0.3, 0.4) is 0 Å². The van der Waals surface area contributed by atoms with Crippen LogP contribution in [0.5, 0.6) is 0 Å². The highest BCUT2D eigenvalue weighted by Gasteiger charge is 2.01. The van der Waals surface area contributed by atoms with Crippen LogP contribution in [0.1, 0.15) is 43.9 Å². The summed E-state index contributed by atoms with van der Waals surface area (Å²) in [5, 5.41) is 0. The van der Waals surface area contributed by atoms with Crippen molar-refractivity contribution in [1.82, 2.24) is 0 Å². The van der Waals surface area contributed by atoms with Crippen molar-refractivity contribution >= 4 is 0 Å². The molecule has 0 fully saturated rings. The summed E-state index contributed by atoms with van der Waals surface area (Å²) in [5.74, 6) is 0. The van der Waals surface area contributed by atoms with Gasteiger partial charge in [-0.15, -0.1) is 0 Å². The van der Waals surface area contributed by atoms with Gasteiger partial charge in [-0.05, 0) is 24.0 Å². The Balaban J connectivity index is 2.69. The molecule has 2 N–H and O–H groups in total. The van der Waals surface area contributed by atoms with E-state index in [4.69, 9.17) is 5.73 Å². The van der Waals surface area contributed by atoms with Gasteiger partial charge in [0.15, 0.2) is 0 Å². The van der Waals surface area contributed by atoms with E-state index in [9.17, 15) is 0 Å². The molecule has 13 heavy (non-hydrogen) atoms. The lowest BCUT2D eigenvalue weighted by atomic mass is 10.0. The monoisotopic (exact) mass is 177 g/mol. The van der Waals surface area contributed by atoms with E-state index < -0.39 is 0 Å². The Kier molecular flexibility index (Phi) is 3.97. The number of nitrogens with two attached hydrogens (primary N) is 1. The summed E-state index contributed by atoms with van der Waals surface area (Å²) in [6, 6.07) is 8.89. The highest BCUT2D eigenvalue weighted by atomic mass is 14.6. The van der Waals surface area contributed by atoms with Crippen LogP contribution in [0.15, 0.2) is 24.3 Å². The first-order valence-electron chi connectivity index (χ1n) is 5.12. The van der Waals surface area contributed by atoms with Crippen molar-refractivity contribution in [2.75, 3.05) is 0 Å². The molecule has 0 saturated carbocycles. The lowest BCUT2D eigenvalue weighted by molar-refractivity contribution is 0.698. The van der Waals surface area contributed by atoms with Gasteiger partial charge in [-0.1, -0.05) is 44.5 Å².